The maximum atomic E-state index is 13.3. The molecule has 3 heterocycles. The highest BCUT2D eigenvalue weighted by Crippen LogP contribution is 2.40. The normalized spacial score (nSPS) is 20.8. The van der Waals surface area contributed by atoms with Gasteiger partial charge in [-0.15, -0.1) is 10.2 Å². The third-order valence-corrected chi connectivity index (χ3v) is 4.65. The molecule has 2 aromatic heterocycles. The van der Waals surface area contributed by atoms with Crippen molar-refractivity contribution in [2.45, 2.75) is 31.8 Å². The fraction of sp³-hybridized carbons (Fsp3) is 0.389. The molecule has 6 nitrogen and oxygen atoms in total. The average molecular weight is 342 g/mol. The molecule has 1 aliphatic rings. The molecule has 0 unspecified atom stereocenters. The van der Waals surface area contributed by atoms with Crippen molar-refractivity contribution >= 4 is 0 Å². The van der Waals surface area contributed by atoms with Crippen LogP contribution in [-0.2, 0) is 11.8 Å². The number of aryl methyl sites for hydroxylation is 2. The lowest BCUT2D eigenvalue weighted by Gasteiger charge is -2.29. The van der Waals surface area contributed by atoms with E-state index in [4.69, 9.17) is 9.15 Å². The van der Waals surface area contributed by atoms with Crippen LogP contribution in [0.5, 0.6) is 0 Å². The first-order valence-electron chi connectivity index (χ1n) is 8.33. The molecule has 7 heteroatoms. The molecule has 1 aliphatic heterocycles. The van der Waals surface area contributed by atoms with Crippen LogP contribution in [-0.4, -0.2) is 26.6 Å². The molecule has 0 spiro atoms. The summed E-state index contributed by atoms with van der Waals surface area (Å²) in [5, 5.41) is 12.6. The summed E-state index contributed by atoms with van der Waals surface area (Å²) in [7, 11) is 1.89. The highest BCUT2D eigenvalue weighted by Gasteiger charge is 2.34. The number of halogens is 1. The van der Waals surface area contributed by atoms with E-state index in [1.54, 1.807) is 12.3 Å². The summed E-state index contributed by atoms with van der Waals surface area (Å²) in [4.78, 5) is 0. The Labute approximate surface area is 144 Å². The molecule has 0 saturated carbocycles. The summed E-state index contributed by atoms with van der Waals surface area (Å²) < 4.78 is 27.1. The maximum Gasteiger partial charge on any atom is 0.248 e. The molecule has 0 aliphatic carbocycles. The molecule has 0 radical (unpaired) electrons. The zero-order valence-electron chi connectivity index (χ0n) is 14.1. The first kappa shape index (κ1) is 16.0. The topological polar surface area (TPSA) is 66.0 Å². The van der Waals surface area contributed by atoms with Gasteiger partial charge in [-0.25, -0.2) is 4.39 Å². The van der Waals surface area contributed by atoms with E-state index in [1.165, 1.54) is 12.1 Å². The van der Waals surface area contributed by atoms with Crippen LogP contribution < -0.4 is 0 Å². The van der Waals surface area contributed by atoms with Gasteiger partial charge in [-0.05, 0) is 49.6 Å². The van der Waals surface area contributed by atoms with Gasteiger partial charge in [-0.2, -0.15) is 5.10 Å². The van der Waals surface area contributed by atoms with E-state index in [1.807, 2.05) is 24.7 Å². The van der Waals surface area contributed by atoms with Crippen molar-refractivity contribution in [3.63, 3.8) is 0 Å². The van der Waals surface area contributed by atoms with Gasteiger partial charge in [0.1, 0.15) is 11.9 Å². The summed E-state index contributed by atoms with van der Waals surface area (Å²) in [5.74, 6) is 0.649. The van der Waals surface area contributed by atoms with Gasteiger partial charge in [0.05, 0.1) is 11.6 Å². The SMILES string of the molecule is Cc1cc(F)ccc1-c1nnc([C@@H]2CCCO[C@H]2c2ccnn2C)o1. The van der Waals surface area contributed by atoms with Gasteiger partial charge >= 0.3 is 0 Å². The monoisotopic (exact) mass is 342 g/mol. The molecule has 0 bridgehead atoms. The smallest absolute Gasteiger partial charge is 0.248 e. The molecule has 0 amide bonds. The lowest BCUT2D eigenvalue weighted by Crippen LogP contribution is -2.23. The molecule has 25 heavy (non-hydrogen) atoms. The predicted octanol–water partition coefficient (Wildman–Crippen LogP) is 3.55. The van der Waals surface area contributed by atoms with Crippen molar-refractivity contribution in [3.05, 3.63) is 53.4 Å². The van der Waals surface area contributed by atoms with Gasteiger partial charge < -0.3 is 9.15 Å². The zero-order valence-corrected chi connectivity index (χ0v) is 14.1. The van der Waals surface area contributed by atoms with E-state index >= 15 is 0 Å². The molecular formula is C18H19FN4O2. The molecule has 1 saturated heterocycles. The predicted molar refractivity (Wildman–Crippen MR) is 88.3 cm³/mol. The Hall–Kier alpha value is -2.54. The fourth-order valence-electron chi connectivity index (χ4n) is 3.35. The van der Waals surface area contributed by atoms with Gasteiger partial charge in [0.25, 0.3) is 0 Å². The molecule has 3 aromatic rings. The van der Waals surface area contributed by atoms with Crippen LogP contribution in [0.3, 0.4) is 0 Å². The standard InChI is InChI=1S/C18H19FN4O2/c1-11-10-12(19)5-6-13(11)17-21-22-18(25-17)14-4-3-9-24-16(14)15-7-8-20-23(15)2/h5-8,10,14,16H,3-4,9H2,1-2H3/t14-,16-/m1/s1. The minimum absolute atomic E-state index is 0.0221. The lowest BCUT2D eigenvalue weighted by molar-refractivity contribution is -0.0135. The van der Waals surface area contributed by atoms with Crippen LogP contribution in [0, 0.1) is 12.7 Å². The molecule has 2 atom stereocenters. The third kappa shape index (κ3) is 2.95. The Kier molecular flexibility index (Phi) is 4.09. The highest BCUT2D eigenvalue weighted by molar-refractivity contribution is 5.57. The molecule has 4 rings (SSSR count). The Balaban J connectivity index is 1.67. The fourth-order valence-corrected chi connectivity index (χ4v) is 3.35. The van der Waals surface area contributed by atoms with E-state index in [9.17, 15) is 4.39 Å². The number of ether oxygens (including phenoxy) is 1. The summed E-state index contributed by atoms with van der Waals surface area (Å²) in [6, 6.07) is 6.47. The second-order valence-electron chi connectivity index (χ2n) is 6.32. The average Bonchev–Trinajstić information content (AvgIpc) is 3.24. The first-order valence-corrected chi connectivity index (χ1v) is 8.33. The van der Waals surface area contributed by atoms with Gasteiger partial charge in [0, 0.05) is 25.4 Å². The molecular weight excluding hydrogens is 323 g/mol. The van der Waals surface area contributed by atoms with E-state index in [-0.39, 0.29) is 17.8 Å². The van der Waals surface area contributed by atoms with Gasteiger partial charge in [0.2, 0.25) is 11.8 Å². The Bertz CT molecular complexity index is 889. The lowest BCUT2D eigenvalue weighted by atomic mass is 9.92. The number of hydrogen-bond acceptors (Lipinski definition) is 5. The third-order valence-electron chi connectivity index (χ3n) is 4.65. The quantitative estimate of drug-likeness (QED) is 0.728. The summed E-state index contributed by atoms with van der Waals surface area (Å²) >= 11 is 0. The van der Waals surface area contributed by atoms with Crippen molar-refractivity contribution in [2.24, 2.45) is 7.05 Å². The number of nitrogens with zero attached hydrogens (tertiary/aromatic N) is 4. The molecule has 1 fully saturated rings. The van der Waals surface area contributed by atoms with Crippen molar-refractivity contribution in [1.82, 2.24) is 20.0 Å². The molecule has 1 aromatic carbocycles. The van der Waals surface area contributed by atoms with E-state index in [0.29, 0.717) is 18.4 Å². The Morgan fingerprint density at radius 2 is 2.12 bits per heavy atom. The Morgan fingerprint density at radius 3 is 2.88 bits per heavy atom. The van der Waals surface area contributed by atoms with Crippen LogP contribution in [0.2, 0.25) is 0 Å². The van der Waals surface area contributed by atoms with E-state index in [2.05, 4.69) is 15.3 Å². The van der Waals surface area contributed by atoms with Crippen LogP contribution in [0.15, 0.2) is 34.9 Å². The second kappa shape index (κ2) is 6.40. The Morgan fingerprint density at radius 1 is 1.24 bits per heavy atom. The summed E-state index contributed by atoms with van der Waals surface area (Å²) in [5.41, 5.74) is 2.50. The number of hydrogen-bond donors (Lipinski definition) is 0. The van der Waals surface area contributed by atoms with Gasteiger partial charge in [0.15, 0.2) is 0 Å². The highest BCUT2D eigenvalue weighted by atomic mass is 19.1. The van der Waals surface area contributed by atoms with Crippen LogP contribution >= 0.6 is 0 Å². The number of benzene rings is 1. The summed E-state index contributed by atoms with van der Waals surface area (Å²) in [6.07, 6.45) is 3.43. The van der Waals surface area contributed by atoms with Gasteiger partial charge in [-0.3, -0.25) is 4.68 Å². The van der Waals surface area contributed by atoms with E-state index in [0.717, 1.165) is 29.7 Å². The molecule has 0 N–H and O–H groups in total. The first-order chi connectivity index (χ1) is 12.1. The van der Waals surface area contributed by atoms with E-state index < -0.39 is 0 Å². The minimum atomic E-state index is -0.280. The van der Waals surface area contributed by atoms with Crippen molar-refractivity contribution in [3.8, 4) is 11.5 Å². The van der Waals surface area contributed by atoms with Crippen molar-refractivity contribution < 1.29 is 13.5 Å². The maximum absolute atomic E-state index is 13.3. The second-order valence-corrected chi connectivity index (χ2v) is 6.32. The summed E-state index contributed by atoms with van der Waals surface area (Å²) in [6.45, 7) is 2.52. The van der Waals surface area contributed by atoms with Crippen LogP contribution in [0.1, 0.15) is 42.0 Å². The molecule has 130 valence electrons. The van der Waals surface area contributed by atoms with Crippen molar-refractivity contribution in [1.29, 1.82) is 0 Å². The number of aromatic nitrogens is 4. The minimum Gasteiger partial charge on any atom is -0.420 e. The van der Waals surface area contributed by atoms with Crippen LogP contribution in [0.25, 0.3) is 11.5 Å². The zero-order chi connectivity index (χ0) is 17.4. The van der Waals surface area contributed by atoms with Gasteiger partial charge in [-0.1, -0.05) is 0 Å². The number of rotatable bonds is 3. The largest absolute Gasteiger partial charge is 0.420 e. The van der Waals surface area contributed by atoms with Crippen LogP contribution in [0.4, 0.5) is 4.39 Å². The van der Waals surface area contributed by atoms with Crippen molar-refractivity contribution in [2.75, 3.05) is 6.61 Å².